The van der Waals surface area contributed by atoms with Crippen LogP contribution in [0.15, 0.2) is 12.3 Å². The third kappa shape index (κ3) is 4.32. The van der Waals surface area contributed by atoms with E-state index in [9.17, 15) is 14.4 Å². The number of hydrogen-bond donors (Lipinski definition) is 1. The molecule has 0 saturated heterocycles. The summed E-state index contributed by atoms with van der Waals surface area (Å²) in [6.07, 6.45) is 1.63. The summed E-state index contributed by atoms with van der Waals surface area (Å²) in [5.41, 5.74) is 2.07. The summed E-state index contributed by atoms with van der Waals surface area (Å²) < 4.78 is 12.7. The Kier molecular flexibility index (Phi) is 6.46. The molecule has 0 unspecified atom stereocenters. The number of nitrogens with zero attached hydrogens (tertiary/aromatic N) is 4. The van der Waals surface area contributed by atoms with Gasteiger partial charge in [0, 0.05) is 6.20 Å². The van der Waals surface area contributed by atoms with Crippen LogP contribution in [-0.2, 0) is 16.1 Å². The summed E-state index contributed by atoms with van der Waals surface area (Å²) in [4.78, 5) is 37.1. The number of halogens is 1. The van der Waals surface area contributed by atoms with Crippen LogP contribution in [0.3, 0.4) is 0 Å². The number of esters is 2. The van der Waals surface area contributed by atoms with Crippen LogP contribution >= 0.6 is 22.9 Å². The number of aryl methyl sites for hydroxylation is 1. The molecule has 0 fully saturated rings. The van der Waals surface area contributed by atoms with Gasteiger partial charge in [0.05, 0.1) is 36.2 Å². The molecule has 0 atom stereocenters. The molecule has 0 aliphatic carbocycles. The Hall–Kier alpha value is -3.18. The number of rotatable bonds is 6. The molecule has 0 radical (unpaired) electrons. The van der Waals surface area contributed by atoms with E-state index in [2.05, 4.69) is 15.5 Å². The molecule has 3 rings (SSSR count). The maximum absolute atomic E-state index is 12.7. The van der Waals surface area contributed by atoms with Gasteiger partial charge >= 0.3 is 11.9 Å². The number of nitrogens with one attached hydrogen (secondary N) is 1. The van der Waals surface area contributed by atoms with E-state index < -0.39 is 17.8 Å². The van der Waals surface area contributed by atoms with Gasteiger partial charge < -0.3 is 14.8 Å². The number of methoxy groups -OCH3 is 2. The number of amides is 1. The lowest BCUT2D eigenvalue weighted by Crippen LogP contribution is -2.16. The van der Waals surface area contributed by atoms with Gasteiger partial charge in [-0.15, -0.1) is 11.3 Å². The van der Waals surface area contributed by atoms with Gasteiger partial charge in [-0.05, 0) is 32.4 Å². The Bertz CT molecular complexity index is 1180. The molecule has 3 heterocycles. The number of anilines is 1. The molecule has 1 N–H and O–H groups in total. The van der Waals surface area contributed by atoms with Crippen LogP contribution in [0.5, 0.6) is 0 Å². The quantitative estimate of drug-likeness (QED) is 0.556. The zero-order chi connectivity index (χ0) is 22.9. The van der Waals surface area contributed by atoms with E-state index in [1.807, 2.05) is 6.92 Å². The predicted octanol–water partition coefficient (Wildman–Crippen LogP) is 3.05. The van der Waals surface area contributed by atoms with Crippen LogP contribution in [0.4, 0.5) is 5.00 Å². The maximum Gasteiger partial charge on any atom is 0.348 e. The zero-order valence-electron chi connectivity index (χ0n) is 17.5. The van der Waals surface area contributed by atoms with Crippen LogP contribution < -0.4 is 5.32 Å². The minimum atomic E-state index is -0.675. The van der Waals surface area contributed by atoms with E-state index in [-0.39, 0.29) is 27.8 Å². The number of carbonyl (C=O) groups is 3. The van der Waals surface area contributed by atoms with Gasteiger partial charge in [0.25, 0.3) is 5.91 Å². The lowest BCUT2D eigenvalue weighted by atomic mass is 10.1. The lowest BCUT2D eigenvalue weighted by Gasteiger charge is -2.05. The molecule has 31 heavy (non-hydrogen) atoms. The average molecular weight is 466 g/mol. The summed E-state index contributed by atoms with van der Waals surface area (Å²) in [6, 6.07) is 1.53. The van der Waals surface area contributed by atoms with Crippen LogP contribution in [0.25, 0.3) is 0 Å². The first-order chi connectivity index (χ1) is 14.7. The van der Waals surface area contributed by atoms with Crippen molar-refractivity contribution >= 4 is 45.8 Å². The monoisotopic (exact) mass is 465 g/mol. The summed E-state index contributed by atoms with van der Waals surface area (Å²) >= 11 is 7.09. The second-order valence-electron chi connectivity index (χ2n) is 6.56. The number of hydrogen-bond acceptors (Lipinski definition) is 8. The van der Waals surface area contributed by atoms with Crippen molar-refractivity contribution < 1.29 is 23.9 Å². The van der Waals surface area contributed by atoms with Crippen LogP contribution in [0, 0.1) is 20.8 Å². The maximum atomic E-state index is 12.7. The van der Waals surface area contributed by atoms with Crippen LogP contribution in [0.1, 0.15) is 47.5 Å². The van der Waals surface area contributed by atoms with E-state index in [4.69, 9.17) is 21.1 Å². The van der Waals surface area contributed by atoms with Crippen molar-refractivity contribution in [2.45, 2.75) is 27.4 Å². The Balaban J connectivity index is 1.84. The van der Waals surface area contributed by atoms with E-state index in [1.165, 1.54) is 25.0 Å². The summed E-state index contributed by atoms with van der Waals surface area (Å²) in [5, 5.41) is 12.0. The molecular weight excluding hydrogens is 446 g/mol. The molecule has 164 valence electrons. The molecule has 12 heteroatoms. The van der Waals surface area contributed by atoms with Crippen molar-refractivity contribution in [2.24, 2.45) is 0 Å². The van der Waals surface area contributed by atoms with Gasteiger partial charge in [-0.25, -0.2) is 14.3 Å². The highest BCUT2D eigenvalue weighted by atomic mass is 35.5. The number of aromatic nitrogens is 4. The fourth-order valence-corrected chi connectivity index (χ4v) is 4.16. The van der Waals surface area contributed by atoms with Crippen LogP contribution in [-0.4, -0.2) is 51.6 Å². The Morgan fingerprint density at radius 3 is 2.39 bits per heavy atom. The number of thiophene rings is 1. The molecule has 0 spiro atoms. The Morgan fingerprint density at radius 1 is 1.13 bits per heavy atom. The van der Waals surface area contributed by atoms with E-state index >= 15 is 0 Å². The SMILES string of the molecule is COC(=O)c1sc(NC(=O)c2ccn(Cn3nc(C)c(Cl)c3C)n2)c(C(=O)OC)c1C. The molecular formula is C19H20ClN5O5S. The first kappa shape index (κ1) is 22.5. The zero-order valence-corrected chi connectivity index (χ0v) is 19.1. The van der Waals surface area contributed by atoms with Crippen molar-refractivity contribution in [3.8, 4) is 0 Å². The van der Waals surface area contributed by atoms with Gasteiger partial charge in [-0.2, -0.15) is 10.2 Å². The number of carbonyl (C=O) groups excluding carboxylic acids is 3. The minimum absolute atomic E-state index is 0.0953. The highest BCUT2D eigenvalue weighted by Gasteiger charge is 2.27. The third-order valence-corrected chi connectivity index (χ3v) is 6.31. The van der Waals surface area contributed by atoms with E-state index in [0.29, 0.717) is 16.3 Å². The fourth-order valence-electron chi connectivity index (χ4n) is 2.92. The fraction of sp³-hybridized carbons (Fsp3) is 0.316. The van der Waals surface area contributed by atoms with E-state index in [0.717, 1.165) is 17.0 Å². The normalized spacial score (nSPS) is 10.8. The average Bonchev–Trinajstić information content (AvgIpc) is 3.41. The smallest absolute Gasteiger partial charge is 0.348 e. The van der Waals surface area contributed by atoms with Gasteiger partial charge in [-0.1, -0.05) is 11.6 Å². The molecule has 10 nitrogen and oxygen atoms in total. The van der Waals surface area contributed by atoms with E-state index in [1.54, 1.807) is 24.7 Å². The standard InChI is InChI=1S/C19H20ClN5O5S/c1-9-13(18(27)29-4)17(31-15(9)19(28)30-5)21-16(26)12-6-7-24(23-12)8-25-11(3)14(20)10(2)22-25/h6-7H,8H2,1-5H3,(H,21,26). The highest BCUT2D eigenvalue weighted by Crippen LogP contribution is 2.34. The van der Waals surface area contributed by atoms with Crippen molar-refractivity contribution in [1.82, 2.24) is 19.6 Å². The minimum Gasteiger partial charge on any atom is -0.465 e. The van der Waals surface area contributed by atoms with Gasteiger partial charge in [0.15, 0.2) is 5.69 Å². The lowest BCUT2D eigenvalue weighted by molar-refractivity contribution is 0.0601. The summed E-state index contributed by atoms with van der Waals surface area (Å²) in [7, 11) is 2.45. The van der Waals surface area contributed by atoms with Gasteiger partial charge in [0.2, 0.25) is 0 Å². The third-order valence-electron chi connectivity index (χ3n) is 4.58. The second-order valence-corrected chi connectivity index (χ2v) is 7.96. The molecule has 0 bridgehead atoms. The largest absolute Gasteiger partial charge is 0.465 e. The van der Waals surface area contributed by atoms with Crippen LogP contribution in [0.2, 0.25) is 5.02 Å². The molecule has 0 aliphatic heterocycles. The summed E-state index contributed by atoms with van der Waals surface area (Å²) in [5.74, 6) is -1.83. The highest BCUT2D eigenvalue weighted by molar-refractivity contribution is 7.18. The molecule has 3 aromatic heterocycles. The second kappa shape index (κ2) is 8.90. The molecule has 0 aliphatic rings. The molecule has 3 aromatic rings. The van der Waals surface area contributed by atoms with Crippen molar-refractivity contribution in [3.05, 3.63) is 50.4 Å². The molecule has 1 amide bonds. The molecule has 0 aromatic carbocycles. The van der Waals surface area contributed by atoms with Crippen molar-refractivity contribution in [3.63, 3.8) is 0 Å². The Morgan fingerprint density at radius 2 is 1.81 bits per heavy atom. The first-order valence-electron chi connectivity index (χ1n) is 9.02. The first-order valence-corrected chi connectivity index (χ1v) is 10.2. The Labute approximate surface area is 186 Å². The van der Waals surface area contributed by atoms with Gasteiger partial charge in [0.1, 0.15) is 16.5 Å². The molecule has 0 saturated carbocycles. The van der Waals surface area contributed by atoms with Crippen molar-refractivity contribution in [2.75, 3.05) is 19.5 Å². The topological polar surface area (TPSA) is 117 Å². The van der Waals surface area contributed by atoms with Crippen molar-refractivity contribution in [1.29, 1.82) is 0 Å². The predicted molar refractivity (Wildman–Crippen MR) is 114 cm³/mol. The number of ether oxygens (including phenoxy) is 2. The summed E-state index contributed by atoms with van der Waals surface area (Å²) in [6.45, 7) is 5.49. The van der Waals surface area contributed by atoms with Gasteiger partial charge in [-0.3, -0.25) is 9.48 Å².